The standard InChI is InChI=1S/C16H26N4O/c1-12(2)16-17-9-15(14(11-21)18-16)20-7-5-19(6-8-20)10-13-3-4-13/h9,12-13,21H,3-8,10-11H2,1-2H3. The molecule has 1 aromatic rings. The minimum absolute atomic E-state index is 0.0140. The van der Waals surface area contributed by atoms with E-state index in [1.165, 1.54) is 19.4 Å². The highest BCUT2D eigenvalue weighted by Crippen LogP contribution is 2.30. The minimum atomic E-state index is -0.0140. The highest BCUT2D eigenvalue weighted by molar-refractivity contribution is 5.49. The molecule has 2 aliphatic rings. The first-order valence-electron chi connectivity index (χ1n) is 8.11. The van der Waals surface area contributed by atoms with Crippen LogP contribution in [0.15, 0.2) is 6.20 Å². The number of anilines is 1. The molecular formula is C16H26N4O. The number of aromatic nitrogens is 2. The van der Waals surface area contributed by atoms with Crippen molar-refractivity contribution in [3.63, 3.8) is 0 Å². The third-order valence-corrected chi connectivity index (χ3v) is 4.46. The number of rotatable bonds is 5. The van der Waals surface area contributed by atoms with E-state index in [1.807, 2.05) is 6.20 Å². The average molecular weight is 290 g/mol. The molecule has 2 fully saturated rings. The van der Waals surface area contributed by atoms with Crippen LogP contribution in [0.1, 0.15) is 44.1 Å². The van der Waals surface area contributed by atoms with Crippen LogP contribution in [0, 0.1) is 5.92 Å². The Morgan fingerprint density at radius 1 is 1.24 bits per heavy atom. The maximum atomic E-state index is 9.61. The lowest BCUT2D eigenvalue weighted by atomic mass is 10.2. The fraction of sp³-hybridized carbons (Fsp3) is 0.750. The van der Waals surface area contributed by atoms with E-state index in [4.69, 9.17) is 0 Å². The summed E-state index contributed by atoms with van der Waals surface area (Å²) < 4.78 is 0. The molecule has 0 radical (unpaired) electrons. The molecule has 1 N–H and O–H groups in total. The van der Waals surface area contributed by atoms with Crippen LogP contribution in [0.5, 0.6) is 0 Å². The second-order valence-electron chi connectivity index (χ2n) is 6.60. The molecule has 0 aromatic carbocycles. The molecule has 0 amide bonds. The van der Waals surface area contributed by atoms with Gasteiger partial charge < -0.3 is 10.0 Å². The van der Waals surface area contributed by atoms with Gasteiger partial charge in [0.2, 0.25) is 0 Å². The van der Waals surface area contributed by atoms with Gasteiger partial charge in [0.1, 0.15) is 5.82 Å². The highest BCUT2D eigenvalue weighted by atomic mass is 16.3. The van der Waals surface area contributed by atoms with Crippen LogP contribution in [-0.2, 0) is 6.61 Å². The van der Waals surface area contributed by atoms with Crippen molar-refractivity contribution in [2.45, 2.75) is 39.2 Å². The average Bonchev–Trinajstić information content (AvgIpc) is 3.31. The SMILES string of the molecule is CC(C)c1ncc(N2CCN(CC3CC3)CC2)c(CO)n1. The molecule has 1 aliphatic carbocycles. The Morgan fingerprint density at radius 2 is 1.95 bits per heavy atom. The van der Waals surface area contributed by atoms with Crippen LogP contribution in [0.4, 0.5) is 5.69 Å². The fourth-order valence-corrected chi connectivity index (χ4v) is 2.92. The van der Waals surface area contributed by atoms with Crippen molar-refractivity contribution in [1.82, 2.24) is 14.9 Å². The lowest BCUT2D eigenvalue weighted by molar-refractivity contribution is 0.246. The number of aliphatic hydroxyl groups excluding tert-OH is 1. The van der Waals surface area contributed by atoms with E-state index in [0.29, 0.717) is 5.92 Å². The zero-order chi connectivity index (χ0) is 14.8. The summed E-state index contributed by atoms with van der Waals surface area (Å²) in [4.78, 5) is 13.9. The first-order valence-corrected chi connectivity index (χ1v) is 8.11. The Kier molecular flexibility index (Phi) is 4.40. The Balaban J connectivity index is 1.66. The van der Waals surface area contributed by atoms with Crippen LogP contribution < -0.4 is 4.90 Å². The zero-order valence-electron chi connectivity index (χ0n) is 13.1. The van der Waals surface area contributed by atoms with Crippen LogP contribution in [0.3, 0.4) is 0 Å². The first-order chi connectivity index (χ1) is 10.2. The smallest absolute Gasteiger partial charge is 0.131 e. The van der Waals surface area contributed by atoms with Crippen molar-refractivity contribution >= 4 is 5.69 Å². The summed E-state index contributed by atoms with van der Waals surface area (Å²) in [6, 6.07) is 0. The molecule has 5 nitrogen and oxygen atoms in total. The van der Waals surface area contributed by atoms with Gasteiger partial charge in [0.25, 0.3) is 0 Å². The topological polar surface area (TPSA) is 52.5 Å². The van der Waals surface area contributed by atoms with Gasteiger partial charge in [-0.1, -0.05) is 13.8 Å². The largest absolute Gasteiger partial charge is 0.390 e. The quantitative estimate of drug-likeness (QED) is 0.893. The van der Waals surface area contributed by atoms with Crippen molar-refractivity contribution in [2.24, 2.45) is 5.92 Å². The van der Waals surface area contributed by atoms with Crippen molar-refractivity contribution in [3.05, 3.63) is 17.7 Å². The molecule has 1 aliphatic heterocycles. The zero-order valence-corrected chi connectivity index (χ0v) is 13.1. The fourth-order valence-electron chi connectivity index (χ4n) is 2.92. The Bertz CT molecular complexity index is 479. The maximum Gasteiger partial charge on any atom is 0.131 e. The summed E-state index contributed by atoms with van der Waals surface area (Å²) in [5.74, 6) is 2.06. The summed E-state index contributed by atoms with van der Waals surface area (Å²) in [6.07, 6.45) is 4.73. The molecular weight excluding hydrogens is 264 g/mol. The van der Waals surface area contributed by atoms with Gasteiger partial charge in [0.15, 0.2) is 0 Å². The summed E-state index contributed by atoms with van der Waals surface area (Å²) in [5, 5.41) is 9.61. The monoisotopic (exact) mass is 290 g/mol. The molecule has 0 atom stereocenters. The van der Waals surface area contributed by atoms with Gasteiger partial charge >= 0.3 is 0 Å². The van der Waals surface area contributed by atoms with Crippen molar-refractivity contribution in [3.8, 4) is 0 Å². The minimum Gasteiger partial charge on any atom is -0.390 e. The summed E-state index contributed by atoms with van der Waals surface area (Å²) in [5.41, 5.74) is 1.78. The number of hydrogen-bond donors (Lipinski definition) is 1. The summed E-state index contributed by atoms with van der Waals surface area (Å²) >= 11 is 0. The number of nitrogens with zero attached hydrogens (tertiary/aromatic N) is 4. The van der Waals surface area contributed by atoms with Crippen LogP contribution in [0.25, 0.3) is 0 Å². The molecule has 0 unspecified atom stereocenters. The number of piperazine rings is 1. The van der Waals surface area contributed by atoms with E-state index >= 15 is 0 Å². The van der Waals surface area contributed by atoms with Gasteiger partial charge in [-0.25, -0.2) is 9.97 Å². The van der Waals surface area contributed by atoms with E-state index in [9.17, 15) is 5.11 Å². The van der Waals surface area contributed by atoms with Gasteiger partial charge in [0, 0.05) is 38.6 Å². The molecule has 1 aromatic heterocycles. The van der Waals surface area contributed by atoms with Gasteiger partial charge in [-0.3, -0.25) is 4.90 Å². The van der Waals surface area contributed by atoms with Gasteiger partial charge in [-0.2, -0.15) is 0 Å². The van der Waals surface area contributed by atoms with E-state index in [2.05, 4.69) is 33.6 Å². The van der Waals surface area contributed by atoms with Gasteiger partial charge in [-0.15, -0.1) is 0 Å². The number of hydrogen-bond acceptors (Lipinski definition) is 5. The molecule has 1 saturated carbocycles. The molecule has 21 heavy (non-hydrogen) atoms. The lowest BCUT2D eigenvalue weighted by Crippen LogP contribution is -2.47. The Labute approximate surface area is 127 Å². The number of aliphatic hydroxyl groups is 1. The van der Waals surface area contributed by atoms with Gasteiger partial charge in [0.05, 0.1) is 24.2 Å². The molecule has 3 rings (SSSR count). The third-order valence-electron chi connectivity index (χ3n) is 4.46. The maximum absolute atomic E-state index is 9.61. The van der Waals surface area contributed by atoms with Gasteiger partial charge in [-0.05, 0) is 18.8 Å². The second-order valence-corrected chi connectivity index (χ2v) is 6.60. The van der Waals surface area contributed by atoms with Crippen molar-refractivity contribution < 1.29 is 5.11 Å². The predicted molar refractivity (Wildman–Crippen MR) is 83.4 cm³/mol. The Hall–Kier alpha value is -1.20. The lowest BCUT2D eigenvalue weighted by Gasteiger charge is -2.36. The molecule has 0 bridgehead atoms. The highest BCUT2D eigenvalue weighted by Gasteiger charge is 2.27. The molecule has 0 spiro atoms. The summed E-state index contributed by atoms with van der Waals surface area (Å²) in [6.45, 7) is 9.62. The van der Waals surface area contributed by atoms with E-state index in [1.54, 1.807) is 0 Å². The van der Waals surface area contributed by atoms with Crippen molar-refractivity contribution in [1.29, 1.82) is 0 Å². The van der Waals surface area contributed by atoms with Crippen molar-refractivity contribution in [2.75, 3.05) is 37.6 Å². The first kappa shape index (κ1) is 14.7. The van der Waals surface area contributed by atoms with Crippen LogP contribution in [-0.4, -0.2) is 52.7 Å². The predicted octanol–water partition coefficient (Wildman–Crippen LogP) is 1.62. The normalized spacial score (nSPS) is 20.3. The van der Waals surface area contributed by atoms with E-state index in [-0.39, 0.29) is 6.61 Å². The molecule has 1 saturated heterocycles. The second kappa shape index (κ2) is 6.28. The molecule has 2 heterocycles. The molecule has 116 valence electrons. The van der Waals surface area contributed by atoms with Crippen LogP contribution >= 0.6 is 0 Å². The van der Waals surface area contributed by atoms with E-state index in [0.717, 1.165) is 49.3 Å². The Morgan fingerprint density at radius 3 is 2.52 bits per heavy atom. The van der Waals surface area contributed by atoms with E-state index < -0.39 is 0 Å². The third kappa shape index (κ3) is 3.52. The molecule has 5 heteroatoms. The summed E-state index contributed by atoms with van der Waals surface area (Å²) in [7, 11) is 0. The van der Waals surface area contributed by atoms with Crippen LogP contribution in [0.2, 0.25) is 0 Å².